The fourth-order valence-corrected chi connectivity index (χ4v) is 3.32. The van der Waals surface area contributed by atoms with Crippen molar-refractivity contribution in [2.24, 2.45) is 10.8 Å². The first-order valence-electron chi connectivity index (χ1n) is 6.04. The van der Waals surface area contributed by atoms with E-state index in [0.29, 0.717) is 6.07 Å². The quantitative estimate of drug-likeness (QED) is 0.629. The Labute approximate surface area is 112 Å². The second kappa shape index (κ2) is 3.60. The number of carbonyl (C=O) groups excluding carboxylic acids is 1. The van der Waals surface area contributed by atoms with E-state index < -0.39 is 39.7 Å². The molecule has 1 aromatic carbocycles. The van der Waals surface area contributed by atoms with Gasteiger partial charge < -0.3 is 0 Å². The van der Waals surface area contributed by atoms with E-state index in [4.69, 9.17) is 5.26 Å². The van der Waals surface area contributed by atoms with Gasteiger partial charge in [0.25, 0.3) is 0 Å². The van der Waals surface area contributed by atoms with Gasteiger partial charge in [0, 0.05) is 11.5 Å². The molecule has 3 aliphatic rings. The van der Waals surface area contributed by atoms with Crippen LogP contribution in [0, 0.1) is 33.8 Å². The Hall–Kier alpha value is -1.90. The Morgan fingerprint density at radius 2 is 1.85 bits per heavy atom. The molecule has 0 amide bonds. The van der Waals surface area contributed by atoms with E-state index in [-0.39, 0.29) is 19.3 Å². The van der Waals surface area contributed by atoms with Gasteiger partial charge in [0.1, 0.15) is 11.6 Å². The number of nitriles is 1. The summed E-state index contributed by atoms with van der Waals surface area (Å²) in [6.45, 7) is 0. The Bertz CT molecular complexity index is 642. The van der Waals surface area contributed by atoms with Crippen LogP contribution < -0.4 is 0 Å². The van der Waals surface area contributed by atoms with E-state index in [0.717, 1.165) is 12.1 Å². The lowest BCUT2D eigenvalue weighted by molar-refractivity contribution is -0.269. The summed E-state index contributed by atoms with van der Waals surface area (Å²) in [6.07, 6.45) is -0.131. The van der Waals surface area contributed by atoms with Gasteiger partial charge in [-0.15, -0.1) is 0 Å². The average molecular weight is 283 g/mol. The molecule has 2 bridgehead atoms. The highest BCUT2D eigenvalue weighted by Crippen LogP contribution is 2.78. The molecule has 0 unspecified atom stereocenters. The number of benzene rings is 1. The van der Waals surface area contributed by atoms with Crippen LogP contribution in [0.25, 0.3) is 0 Å². The third kappa shape index (κ3) is 1.41. The number of hydrogen-bond donors (Lipinski definition) is 0. The maximum Gasteiger partial charge on any atom is 0.315 e. The molecule has 20 heavy (non-hydrogen) atoms. The monoisotopic (exact) mass is 283 g/mol. The van der Waals surface area contributed by atoms with Crippen LogP contribution in [0.5, 0.6) is 0 Å². The zero-order chi connectivity index (χ0) is 14.8. The minimum absolute atomic E-state index is 0.0436. The number of rotatable bonds is 3. The summed E-state index contributed by atoms with van der Waals surface area (Å²) < 4.78 is 54.7. The largest absolute Gasteiger partial charge is 0.315 e. The molecule has 3 aliphatic carbocycles. The van der Waals surface area contributed by atoms with Crippen molar-refractivity contribution in [2.75, 3.05) is 0 Å². The number of Topliss-reactive ketones (excluding diaryl/α,β-unsaturated/α-hetero) is 1. The summed E-state index contributed by atoms with van der Waals surface area (Å²) in [6, 6.07) is 3.87. The molecule has 0 saturated heterocycles. The van der Waals surface area contributed by atoms with Crippen LogP contribution in [-0.4, -0.2) is 11.7 Å². The van der Waals surface area contributed by atoms with Crippen LogP contribution in [0.15, 0.2) is 18.2 Å². The molecule has 0 spiro atoms. The lowest BCUT2D eigenvalue weighted by Crippen LogP contribution is -2.70. The highest BCUT2D eigenvalue weighted by molar-refractivity contribution is 6.02. The molecule has 1 aromatic rings. The highest BCUT2D eigenvalue weighted by Gasteiger charge is 2.79. The normalized spacial score (nSPS) is 30.9. The van der Waals surface area contributed by atoms with E-state index in [2.05, 4.69) is 0 Å². The van der Waals surface area contributed by atoms with Crippen molar-refractivity contribution in [2.45, 2.75) is 25.2 Å². The molecule has 0 aliphatic heterocycles. The zero-order valence-corrected chi connectivity index (χ0v) is 10.2. The molecular weight excluding hydrogens is 274 g/mol. The van der Waals surface area contributed by atoms with Crippen molar-refractivity contribution in [1.29, 1.82) is 5.26 Å². The van der Waals surface area contributed by atoms with Crippen molar-refractivity contribution < 1.29 is 22.4 Å². The first-order valence-corrected chi connectivity index (χ1v) is 6.04. The molecule has 2 nitrogen and oxygen atoms in total. The molecule has 0 heterocycles. The van der Waals surface area contributed by atoms with E-state index >= 15 is 0 Å². The zero-order valence-electron chi connectivity index (χ0n) is 10.2. The van der Waals surface area contributed by atoms with Gasteiger partial charge in [0.15, 0.2) is 0 Å². The summed E-state index contributed by atoms with van der Waals surface area (Å²) in [4.78, 5) is 11.9. The van der Waals surface area contributed by atoms with Gasteiger partial charge in [0.05, 0.1) is 17.0 Å². The first-order chi connectivity index (χ1) is 9.25. The van der Waals surface area contributed by atoms with Gasteiger partial charge in [0.2, 0.25) is 5.78 Å². The lowest BCUT2D eigenvalue weighted by atomic mass is 9.33. The molecule has 104 valence electrons. The number of nitrogens with zero attached hydrogens (tertiary/aromatic N) is 1. The van der Waals surface area contributed by atoms with Crippen molar-refractivity contribution in [1.82, 2.24) is 0 Å². The fraction of sp³-hybridized carbons (Fsp3) is 0.429. The number of hydrogen-bond acceptors (Lipinski definition) is 2. The van der Waals surface area contributed by atoms with Gasteiger partial charge >= 0.3 is 5.92 Å². The van der Waals surface area contributed by atoms with Crippen LogP contribution in [0.2, 0.25) is 0 Å². The molecule has 0 atom stereocenters. The molecule has 0 radical (unpaired) electrons. The molecule has 0 aromatic heterocycles. The van der Waals surface area contributed by atoms with Crippen molar-refractivity contribution in [3.63, 3.8) is 0 Å². The maximum atomic E-state index is 14.2. The van der Waals surface area contributed by atoms with Gasteiger partial charge in [-0.1, -0.05) is 0 Å². The van der Waals surface area contributed by atoms with Crippen LogP contribution in [0.3, 0.4) is 0 Å². The smallest absolute Gasteiger partial charge is 0.287 e. The Balaban J connectivity index is 1.89. The van der Waals surface area contributed by atoms with Crippen LogP contribution in [0.1, 0.15) is 29.6 Å². The van der Waals surface area contributed by atoms with Crippen molar-refractivity contribution in [3.8, 4) is 6.07 Å². The fourth-order valence-electron chi connectivity index (χ4n) is 3.32. The summed E-state index contributed by atoms with van der Waals surface area (Å²) in [5, 5.41) is 8.81. The maximum absolute atomic E-state index is 14.2. The van der Waals surface area contributed by atoms with E-state index in [1.54, 1.807) is 0 Å². The highest BCUT2D eigenvalue weighted by atomic mass is 19.3. The van der Waals surface area contributed by atoms with E-state index in [9.17, 15) is 22.4 Å². The Morgan fingerprint density at radius 3 is 2.35 bits per heavy atom. The number of ketones is 1. The first kappa shape index (κ1) is 13.1. The van der Waals surface area contributed by atoms with Crippen LogP contribution in [-0.2, 0) is 0 Å². The number of halogens is 4. The molecule has 0 N–H and O–H groups in total. The second-order valence-corrected chi connectivity index (χ2v) is 5.73. The van der Waals surface area contributed by atoms with Crippen molar-refractivity contribution in [3.05, 3.63) is 35.4 Å². The minimum atomic E-state index is -3.73. The van der Waals surface area contributed by atoms with E-state index in [1.165, 1.54) is 0 Å². The van der Waals surface area contributed by atoms with Crippen LogP contribution >= 0.6 is 0 Å². The third-order valence-electron chi connectivity index (χ3n) is 4.39. The summed E-state index contributed by atoms with van der Waals surface area (Å²) in [7, 11) is 0. The van der Waals surface area contributed by atoms with E-state index in [1.807, 2.05) is 6.07 Å². The van der Waals surface area contributed by atoms with Gasteiger partial charge in [-0.3, -0.25) is 4.79 Å². The number of alkyl halides is 2. The number of carbonyl (C=O) groups is 1. The topological polar surface area (TPSA) is 40.9 Å². The molecular formula is C14H9F4NO. The van der Waals surface area contributed by atoms with Gasteiger partial charge in [-0.2, -0.15) is 14.0 Å². The van der Waals surface area contributed by atoms with Gasteiger partial charge in [-0.25, -0.2) is 8.78 Å². The second-order valence-electron chi connectivity index (χ2n) is 5.73. The summed E-state index contributed by atoms with van der Waals surface area (Å²) in [5.74, 6) is -7.60. The standard InChI is InChI=1S/C14H9F4NO/c15-8-1-2-9(10(16)3-8)11(20)14(17,18)13-4-12(5-13,6-13)7-19/h1-3H,4-6H2. The molecule has 6 heteroatoms. The Kier molecular flexibility index (Phi) is 2.36. The SMILES string of the molecule is N#CC12CC(C(F)(F)C(=O)c3ccc(F)cc3F)(C1)C2. The Morgan fingerprint density at radius 1 is 1.25 bits per heavy atom. The summed E-state index contributed by atoms with van der Waals surface area (Å²) >= 11 is 0. The predicted molar refractivity (Wildman–Crippen MR) is 60.0 cm³/mol. The molecule has 3 saturated carbocycles. The molecule has 4 rings (SSSR count). The van der Waals surface area contributed by atoms with Gasteiger partial charge in [-0.05, 0) is 31.4 Å². The lowest BCUT2D eigenvalue weighted by Gasteiger charge is -2.68. The summed E-state index contributed by atoms with van der Waals surface area (Å²) in [5.41, 5.74) is -3.07. The third-order valence-corrected chi connectivity index (χ3v) is 4.39. The predicted octanol–water partition coefficient (Wildman–Crippen LogP) is 3.48. The van der Waals surface area contributed by atoms with Crippen LogP contribution in [0.4, 0.5) is 17.6 Å². The molecule has 3 fully saturated rings. The average Bonchev–Trinajstić information content (AvgIpc) is 2.24. The minimum Gasteiger partial charge on any atom is -0.287 e. The van der Waals surface area contributed by atoms with Crippen molar-refractivity contribution >= 4 is 5.78 Å².